The number of hydrogen-bond donors (Lipinski definition) is 2. The molecule has 6 nitrogen and oxygen atoms in total. The fourth-order valence-electron chi connectivity index (χ4n) is 2.69. The average Bonchev–Trinajstić information content (AvgIpc) is 2.74. The second-order valence-corrected chi connectivity index (χ2v) is 8.08. The van der Waals surface area contributed by atoms with Crippen molar-refractivity contribution in [1.29, 1.82) is 0 Å². The fraction of sp³-hybridized carbons (Fsp3) is 0.136. The van der Waals surface area contributed by atoms with Crippen LogP contribution in [0.3, 0.4) is 0 Å². The Bertz CT molecular complexity index is 1110. The maximum atomic E-state index is 13.0. The molecule has 0 aliphatic carbocycles. The lowest BCUT2D eigenvalue weighted by molar-refractivity contribution is 0.0950. The number of carbonyl (C=O) groups is 1. The molecule has 3 aromatic rings. The van der Waals surface area contributed by atoms with Crippen LogP contribution in [0.2, 0.25) is 0 Å². The zero-order chi connectivity index (χ0) is 21.6. The van der Waals surface area contributed by atoms with E-state index in [1.165, 1.54) is 36.4 Å². The highest BCUT2D eigenvalue weighted by Gasteiger charge is 2.16. The number of hydrogen-bond acceptors (Lipinski definition) is 4. The molecule has 0 atom stereocenters. The highest BCUT2D eigenvalue weighted by atomic mass is 32.2. The first-order valence-corrected chi connectivity index (χ1v) is 10.7. The van der Waals surface area contributed by atoms with E-state index >= 15 is 0 Å². The third-order valence-electron chi connectivity index (χ3n) is 4.19. The summed E-state index contributed by atoms with van der Waals surface area (Å²) in [5.74, 6) is -0.152. The molecule has 1 amide bonds. The number of anilines is 1. The molecular weight excluding hydrogens is 407 g/mol. The number of sulfonamides is 1. The van der Waals surface area contributed by atoms with Gasteiger partial charge in [0.2, 0.25) is 0 Å². The van der Waals surface area contributed by atoms with Crippen LogP contribution in [-0.4, -0.2) is 20.9 Å². The van der Waals surface area contributed by atoms with Gasteiger partial charge in [0.05, 0.1) is 11.5 Å². The lowest BCUT2D eigenvalue weighted by atomic mass is 10.2. The van der Waals surface area contributed by atoms with Gasteiger partial charge in [-0.05, 0) is 67.1 Å². The topological polar surface area (TPSA) is 84.5 Å². The Hall–Kier alpha value is -3.39. The molecule has 0 aliphatic heterocycles. The molecule has 3 aromatic carbocycles. The lowest BCUT2D eigenvalue weighted by Gasteiger charge is -2.11. The van der Waals surface area contributed by atoms with Crippen LogP contribution in [0.25, 0.3) is 0 Å². The number of amides is 1. The van der Waals surface area contributed by atoms with Gasteiger partial charge in [-0.2, -0.15) is 0 Å². The molecule has 0 spiro atoms. The summed E-state index contributed by atoms with van der Waals surface area (Å²) in [5, 5.41) is 2.69. The molecule has 3 rings (SSSR count). The van der Waals surface area contributed by atoms with E-state index in [0.29, 0.717) is 18.0 Å². The fourth-order valence-corrected chi connectivity index (χ4v) is 3.80. The average molecular weight is 428 g/mol. The van der Waals surface area contributed by atoms with Crippen molar-refractivity contribution in [1.82, 2.24) is 5.32 Å². The van der Waals surface area contributed by atoms with Gasteiger partial charge in [-0.3, -0.25) is 9.52 Å². The van der Waals surface area contributed by atoms with Crippen LogP contribution in [0.15, 0.2) is 77.7 Å². The molecular formula is C22H21FN2O4S. The first kappa shape index (κ1) is 21.3. The predicted molar refractivity (Wildman–Crippen MR) is 112 cm³/mol. The van der Waals surface area contributed by atoms with Crippen LogP contribution >= 0.6 is 0 Å². The van der Waals surface area contributed by atoms with Gasteiger partial charge in [0.25, 0.3) is 15.9 Å². The van der Waals surface area contributed by atoms with E-state index in [1.54, 1.807) is 36.4 Å². The summed E-state index contributed by atoms with van der Waals surface area (Å²) in [6.07, 6.45) is 0. The van der Waals surface area contributed by atoms with Crippen molar-refractivity contribution >= 4 is 21.6 Å². The van der Waals surface area contributed by atoms with Crippen LogP contribution in [0.4, 0.5) is 10.1 Å². The van der Waals surface area contributed by atoms with Crippen molar-refractivity contribution in [3.8, 4) is 5.75 Å². The van der Waals surface area contributed by atoms with Gasteiger partial charge >= 0.3 is 0 Å². The number of nitrogens with one attached hydrogen (secondary N) is 2. The summed E-state index contributed by atoms with van der Waals surface area (Å²) in [7, 11) is -3.88. The minimum Gasteiger partial charge on any atom is -0.494 e. The summed E-state index contributed by atoms with van der Waals surface area (Å²) in [6.45, 7) is 2.57. The summed E-state index contributed by atoms with van der Waals surface area (Å²) in [5.41, 5.74) is 1.31. The van der Waals surface area contributed by atoms with E-state index in [1.807, 2.05) is 6.92 Å². The first-order valence-electron chi connectivity index (χ1n) is 9.26. The number of ether oxygens (including phenoxy) is 1. The van der Waals surface area contributed by atoms with Crippen LogP contribution in [0, 0.1) is 5.82 Å². The van der Waals surface area contributed by atoms with Gasteiger partial charge in [0.1, 0.15) is 11.6 Å². The van der Waals surface area contributed by atoms with E-state index in [4.69, 9.17) is 4.74 Å². The molecule has 0 fully saturated rings. The Balaban J connectivity index is 1.69. The lowest BCUT2D eigenvalue weighted by Crippen LogP contribution is -2.23. The predicted octanol–water partition coefficient (Wildman–Crippen LogP) is 3.96. The van der Waals surface area contributed by atoms with E-state index < -0.39 is 15.9 Å². The Morgan fingerprint density at radius 2 is 1.70 bits per heavy atom. The Morgan fingerprint density at radius 1 is 1.00 bits per heavy atom. The summed E-state index contributed by atoms with van der Waals surface area (Å²) in [4.78, 5) is 12.4. The summed E-state index contributed by atoms with van der Waals surface area (Å²) >= 11 is 0. The van der Waals surface area contributed by atoms with Crippen LogP contribution in [-0.2, 0) is 16.6 Å². The molecule has 0 unspecified atom stereocenters. The van der Waals surface area contributed by atoms with Crippen molar-refractivity contribution in [2.45, 2.75) is 18.4 Å². The van der Waals surface area contributed by atoms with Crippen LogP contribution in [0.5, 0.6) is 5.75 Å². The van der Waals surface area contributed by atoms with Gasteiger partial charge in [-0.25, -0.2) is 12.8 Å². The maximum Gasteiger partial charge on any atom is 0.261 e. The number of carbonyl (C=O) groups excluding carboxylic acids is 1. The van der Waals surface area contributed by atoms with E-state index in [9.17, 15) is 17.6 Å². The largest absolute Gasteiger partial charge is 0.494 e. The highest BCUT2D eigenvalue weighted by molar-refractivity contribution is 7.92. The van der Waals surface area contributed by atoms with E-state index in [0.717, 1.165) is 5.56 Å². The van der Waals surface area contributed by atoms with Crippen molar-refractivity contribution in [2.24, 2.45) is 0 Å². The third-order valence-corrected chi connectivity index (χ3v) is 5.57. The molecule has 0 aliphatic rings. The van der Waals surface area contributed by atoms with Crippen molar-refractivity contribution in [2.75, 3.05) is 11.3 Å². The Morgan fingerprint density at radius 3 is 2.37 bits per heavy atom. The number of benzene rings is 3. The molecule has 0 radical (unpaired) electrons. The zero-order valence-corrected chi connectivity index (χ0v) is 17.1. The molecule has 8 heteroatoms. The zero-order valence-electron chi connectivity index (χ0n) is 16.3. The van der Waals surface area contributed by atoms with Crippen molar-refractivity contribution < 1.29 is 22.3 Å². The number of halogens is 1. The third kappa shape index (κ3) is 5.57. The normalized spacial score (nSPS) is 11.0. The van der Waals surface area contributed by atoms with Crippen LogP contribution < -0.4 is 14.8 Å². The van der Waals surface area contributed by atoms with Gasteiger partial charge in [-0.15, -0.1) is 0 Å². The monoisotopic (exact) mass is 428 g/mol. The van der Waals surface area contributed by atoms with E-state index in [-0.39, 0.29) is 22.8 Å². The molecule has 30 heavy (non-hydrogen) atoms. The first-order chi connectivity index (χ1) is 14.4. The molecule has 0 saturated heterocycles. The van der Waals surface area contributed by atoms with Crippen molar-refractivity contribution in [3.63, 3.8) is 0 Å². The quantitative estimate of drug-likeness (QED) is 0.569. The highest BCUT2D eigenvalue weighted by Crippen LogP contribution is 2.20. The molecule has 0 bridgehead atoms. The minimum atomic E-state index is -3.88. The smallest absolute Gasteiger partial charge is 0.261 e. The summed E-state index contributed by atoms with van der Waals surface area (Å²) < 4.78 is 46.2. The maximum absolute atomic E-state index is 13.0. The summed E-state index contributed by atoms with van der Waals surface area (Å²) in [6, 6.07) is 18.0. The molecule has 0 heterocycles. The standard InChI is InChI=1S/C22H21FN2O4S/c1-2-29-20-12-10-19(11-13-20)25-30(27,28)21-5-3-4-17(14-21)22(26)24-15-16-6-8-18(23)9-7-16/h3-14,25H,2,15H2,1H3,(H,24,26). The molecule has 2 N–H and O–H groups in total. The van der Waals surface area contributed by atoms with E-state index in [2.05, 4.69) is 10.0 Å². The van der Waals surface area contributed by atoms with Crippen LogP contribution in [0.1, 0.15) is 22.8 Å². The second kappa shape index (κ2) is 9.41. The molecule has 156 valence electrons. The Kier molecular flexibility index (Phi) is 6.68. The van der Waals surface area contributed by atoms with Crippen molar-refractivity contribution in [3.05, 3.63) is 89.7 Å². The van der Waals surface area contributed by atoms with Gasteiger partial charge in [-0.1, -0.05) is 18.2 Å². The SMILES string of the molecule is CCOc1ccc(NS(=O)(=O)c2cccc(C(=O)NCc3ccc(F)cc3)c2)cc1. The Labute approximate surface area is 174 Å². The number of rotatable bonds is 8. The second-order valence-electron chi connectivity index (χ2n) is 6.40. The van der Waals surface area contributed by atoms with Gasteiger partial charge < -0.3 is 10.1 Å². The van der Waals surface area contributed by atoms with Gasteiger partial charge in [0.15, 0.2) is 0 Å². The van der Waals surface area contributed by atoms with Gasteiger partial charge in [0, 0.05) is 17.8 Å². The minimum absolute atomic E-state index is 0.0363. The molecule has 0 saturated carbocycles. The molecule has 0 aromatic heterocycles.